The summed E-state index contributed by atoms with van der Waals surface area (Å²) in [4.78, 5) is 5.74. The zero-order chi connectivity index (χ0) is 22.7. The first kappa shape index (κ1) is 30.8. The fraction of sp³-hybridized carbons (Fsp3) is 1.00. The molecule has 0 saturated carbocycles. The molecule has 0 heterocycles. The quantitative estimate of drug-likeness (QED) is 0.128. The standard InChI is InChI=1S/C10H24N2O4.C9H21NO3/c13-7-3-11(4-8-14)1-2-12(5-9-15)6-10-16;1-7(11)4-10(5-8(2)12)6-9(3)13/h13-16H,1-10H2;7-9,11-13H,4-6H2,1-3H3. The molecular formula is C19H45N3O7. The van der Waals surface area contributed by atoms with Crippen LogP contribution in [-0.2, 0) is 0 Å². The molecule has 3 atom stereocenters. The Morgan fingerprint density at radius 1 is 0.448 bits per heavy atom. The van der Waals surface area contributed by atoms with Gasteiger partial charge in [-0.3, -0.25) is 14.7 Å². The lowest BCUT2D eigenvalue weighted by atomic mass is 10.2. The molecule has 0 bridgehead atoms. The predicted octanol–water partition coefficient (Wildman–Crippen LogP) is -3.01. The van der Waals surface area contributed by atoms with E-state index in [2.05, 4.69) is 0 Å². The Kier molecular flexibility index (Phi) is 22.1. The van der Waals surface area contributed by atoms with Crippen molar-refractivity contribution >= 4 is 0 Å². The maximum absolute atomic E-state index is 9.14. The van der Waals surface area contributed by atoms with Crippen molar-refractivity contribution in [1.29, 1.82) is 0 Å². The maximum atomic E-state index is 9.14. The van der Waals surface area contributed by atoms with E-state index in [0.29, 0.717) is 58.9 Å². The third kappa shape index (κ3) is 22.1. The molecule has 0 radical (unpaired) electrons. The molecule has 0 amide bonds. The van der Waals surface area contributed by atoms with Gasteiger partial charge in [-0.15, -0.1) is 0 Å². The van der Waals surface area contributed by atoms with Crippen LogP contribution in [0, 0.1) is 0 Å². The van der Waals surface area contributed by atoms with E-state index in [9.17, 15) is 0 Å². The second-order valence-electron chi connectivity index (χ2n) is 7.34. The van der Waals surface area contributed by atoms with Crippen LogP contribution >= 0.6 is 0 Å². The first-order valence-corrected chi connectivity index (χ1v) is 10.3. The number of hydrogen-bond acceptors (Lipinski definition) is 10. The van der Waals surface area contributed by atoms with E-state index in [4.69, 9.17) is 35.7 Å². The summed E-state index contributed by atoms with van der Waals surface area (Å²) in [6, 6.07) is 0. The van der Waals surface area contributed by atoms with Crippen LogP contribution in [0.2, 0.25) is 0 Å². The summed E-state index contributed by atoms with van der Waals surface area (Å²) in [5.41, 5.74) is 0. The summed E-state index contributed by atoms with van der Waals surface area (Å²) in [5.74, 6) is 0. The van der Waals surface area contributed by atoms with Gasteiger partial charge in [0.05, 0.1) is 44.7 Å². The van der Waals surface area contributed by atoms with E-state index in [-0.39, 0.29) is 26.4 Å². The van der Waals surface area contributed by atoms with E-state index >= 15 is 0 Å². The van der Waals surface area contributed by atoms with E-state index in [1.807, 2.05) is 14.7 Å². The molecule has 0 saturated heterocycles. The van der Waals surface area contributed by atoms with Crippen LogP contribution in [0.15, 0.2) is 0 Å². The third-order valence-electron chi connectivity index (χ3n) is 3.96. The van der Waals surface area contributed by atoms with Crippen molar-refractivity contribution < 1.29 is 35.7 Å². The molecule has 0 aliphatic rings. The second kappa shape index (κ2) is 20.9. The Labute approximate surface area is 175 Å². The highest BCUT2D eigenvalue weighted by Gasteiger charge is 2.12. The summed E-state index contributed by atoms with van der Waals surface area (Å²) in [5, 5.41) is 62.7. The molecule has 0 rings (SSSR count). The van der Waals surface area contributed by atoms with Crippen LogP contribution in [0.5, 0.6) is 0 Å². The first-order valence-electron chi connectivity index (χ1n) is 10.3. The topological polar surface area (TPSA) is 151 Å². The summed E-state index contributed by atoms with van der Waals surface area (Å²) in [6.07, 6.45) is -1.30. The van der Waals surface area contributed by atoms with Gasteiger partial charge >= 0.3 is 0 Å². The summed E-state index contributed by atoms with van der Waals surface area (Å²) in [7, 11) is 0. The van der Waals surface area contributed by atoms with Gasteiger partial charge in [-0.2, -0.15) is 0 Å². The Bertz CT molecular complexity index is 285. The molecule has 10 heteroatoms. The van der Waals surface area contributed by atoms with Crippen LogP contribution in [0.1, 0.15) is 20.8 Å². The van der Waals surface area contributed by atoms with Crippen LogP contribution in [-0.4, -0.2) is 154 Å². The van der Waals surface area contributed by atoms with Gasteiger partial charge < -0.3 is 35.7 Å². The second-order valence-corrected chi connectivity index (χ2v) is 7.34. The van der Waals surface area contributed by atoms with Crippen molar-refractivity contribution in [3.05, 3.63) is 0 Å². The first-order chi connectivity index (χ1) is 13.7. The van der Waals surface area contributed by atoms with Gasteiger partial charge in [0.15, 0.2) is 0 Å². The molecule has 7 N–H and O–H groups in total. The molecule has 0 spiro atoms. The van der Waals surface area contributed by atoms with E-state index in [1.54, 1.807) is 20.8 Å². The minimum atomic E-state index is -0.433. The molecule has 0 aliphatic heterocycles. The zero-order valence-corrected chi connectivity index (χ0v) is 18.4. The fourth-order valence-corrected chi connectivity index (χ4v) is 2.86. The lowest BCUT2D eigenvalue weighted by Crippen LogP contribution is -2.40. The lowest BCUT2D eigenvalue weighted by Gasteiger charge is -2.25. The van der Waals surface area contributed by atoms with Crippen molar-refractivity contribution in [1.82, 2.24) is 14.7 Å². The number of rotatable bonds is 17. The Balaban J connectivity index is 0. The predicted molar refractivity (Wildman–Crippen MR) is 113 cm³/mol. The summed E-state index contributed by atoms with van der Waals surface area (Å²) in [6.45, 7) is 10.4. The minimum Gasteiger partial charge on any atom is -0.395 e. The summed E-state index contributed by atoms with van der Waals surface area (Å²) < 4.78 is 0. The molecule has 0 aromatic rings. The number of aliphatic hydroxyl groups is 7. The molecule has 0 aromatic carbocycles. The Morgan fingerprint density at radius 3 is 0.862 bits per heavy atom. The lowest BCUT2D eigenvalue weighted by molar-refractivity contribution is 0.0530. The van der Waals surface area contributed by atoms with Gasteiger partial charge in [0.1, 0.15) is 0 Å². The summed E-state index contributed by atoms with van der Waals surface area (Å²) >= 11 is 0. The van der Waals surface area contributed by atoms with Gasteiger partial charge in [0.25, 0.3) is 0 Å². The van der Waals surface area contributed by atoms with Crippen molar-refractivity contribution in [2.45, 2.75) is 39.1 Å². The van der Waals surface area contributed by atoms with Gasteiger partial charge in [0, 0.05) is 58.9 Å². The highest BCUT2D eigenvalue weighted by atomic mass is 16.3. The van der Waals surface area contributed by atoms with Gasteiger partial charge in [-0.05, 0) is 20.8 Å². The molecule has 0 aliphatic carbocycles. The van der Waals surface area contributed by atoms with Crippen LogP contribution in [0.25, 0.3) is 0 Å². The monoisotopic (exact) mass is 427 g/mol. The minimum absolute atomic E-state index is 0.0694. The Hall–Kier alpha value is -0.400. The normalized spacial score (nSPS) is 14.8. The smallest absolute Gasteiger partial charge is 0.0639 e. The average molecular weight is 428 g/mol. The molecule has 29 heavy (non-hydrogen) atoms. The molecule has 0 aromatic heterocycles. The van der Waals surface area contributed by atoms with Crippen molar-refractivity contribution in [3.8, 4) is 0 Å². The number of nitrogens with zero attached hydrogens (tertiary/aromatic N) is 3. The highest BCUT2D eigenvalue weighted by molar-refractivity contribution is 4.66. The maximum Gasteiger partial charge on any atom is 0.0639 e. The largest absolute Gasteiger partial charge is 0.395 e. The number of hydrogen-bond donors (Lipinski definition) is 7. The SMILES string of the molecule is CC(O)CN(CC(C)O)CC(C)O.OCCN(CCO)CCN(CCO)CCO. The van der Waals surface area contributed by atoms with E-state index in [1.165, 1.54) is 0 Å². The molecule has 3 unspecified atom stereocenters. The van der Waals surface area contributed by atoms with Gasteiger partial charge in [0.2, 0.25) is 0 Å². The van der Waals surface area contributed by atoms with Crippen molar-refractivity contribution in [3.63, 3.8) is 0 Å². The molecule has 10 nitrogen and oxygen atoms in total. The van der Waals surface area contributed by atoms with Crippen molar-refractivity contribution in [2.75, 3.05) is 85.3 Å². The van der Waals surface area contributed by atoms with Crippen LogP contribution < -0.4 is 0 Å². The van der Waals surface area contributed by atoms with Crippen LogP contribution in [0.3, 0.4) is 0 Å². The van der Waals surface area contributed by atoms with Gasteiger partial charge in [-0.1, -0.05) is 0 Å². The highest BCUT2D eigenvalue weighted by Crippen LogP contribution is 1.97. The third-order valence-corrected chi connectivity index (χ3v) is 3.96. The van der Waals surface area contributed by atoms with Gasteiger partial charge in [-0.25, -0.2) is 0 Å². The van der Waals surface area contributed by atoms with Crippen molar-refractivity contribution in [2.24, 2.45) is 0 Å². The van der Waals surface area contributed by atoms with E-state index < -0.39 is 18.3 Å². The fourth-order valence-electron chi connectivity index (χ4n) is 2.86. The van der Waals surface area contributed by atoms with Crippen LogP contribution in [0.4, 0.5) is 0 Å². The van der Waals surface area contributed by atoms with E-state index in [0.717, 1.165) is 0 Å². The average Bonchev–Trinajstić information content (AvgIpc) is 2.59. The molecular weight excluding hydrogens is 382 g/mol. The Morgan fingerprint density at radius 2 is 0.690 bits per heavy atom. The number of aliphatic hydroxyl groups excluding tert-OH is 7. The molecule has 0 fully saturated rings. The molecule has 178 valence electrons. The zero-order valence-electron chi connectivity index (χ0n) is 18.4.